The van der Waals surface area contributed by atoms with E-state index < -0.39 is 35.0 Å². The third-order valence-electron chi connectivity index (χ3n) is 3.08. The molecule has 2 rings (SSSR count). The fourth-order valence-electron chi connectivity index (χ4n) is 1.96. The molecule has 1 aromatic heterocycles. The van der Waals surface area contributed by atoms with E-state index in [0.29, 0.717) is 0 Å². The van der Waals surface area contributed by atoms with Crippen molar-refractivity contribution in [1.82, 2.24) is 9.88 Å². The van der Waals surface area contributed by atoms with Crippen molar-refractivity contribution in [3.63, 3.8) is 0 Å². The molecule has 0 saturated carbocycles. The largest absolute Gasteiger partial charge is 0.460 e. The number of carbonyl (C=O) groups is 1. The van der Waals surface area contributed by atoms with Gasteiger partial charge >= 0.3 is 5.97 Å². The first-order valence-corrected chi connectivity index (χ1v) is 8.59. The van der Waals surface area contributed by atoms with E-state index >= 15 is 0 Å². The number of benzene rings is 1. The van der Waals surface area contributed by atoms with Gasteiger partial charge in [-0.05, 0) is 26.0 Å². The Morgan fingerprint density at radius 3 is 2.71 bits per heavy atom. The van der Waals surface area contributed by atoms with Crippen LogP contribution in [0.3, 0.4) is 0 Å². The molecule has 1 heterocycles. The quantitative estimate of drug-likeness (QED) is 0.775. The standard InChI is InChI=1S/C14H14ClFN2O5S/c1-8-14(9(2)23-18-8)24(20,21)17-6-13(19)22-7-10-11(15)4-3-5-12(10)16/h3-5,17H,6-7H2,1-2H3. The molecule has 0 spiro atoms. The van der Waals surface area contributed by atoms with Gasteiger partial charge in [0.1, 0.15) is 29.6 Å². The highest BCUT2D eigenvalue weighted by Crippen LogP contribution is 2.20. The summed E-state index contributed by atoms with van der Waals surface area (Å²) in [5, 5.41) is 3.65. The van der Waals surface area contributed by atoms with Crippen molar-refractivity contribution in [2.45, 2.75) is 25.3 Å². The first-order chi connectivity index (χ1) is 11.2. The van der Waals surface area contributed by atoms with E-state index in [1.54, 1.807) is 0 Å². The van der Waals surface area contributed by atoms with Gasteiger partial charge in [0, 0.05) is 5.56 Å². The fraction of sp³-hybridized carbons (Fsp3) is 0.286. The predicted octanol–water partition coefficient (Wildman–Crippen LogP) is 2.11. The summed E-state index contributed by atoms with van der Waals surface area (Å²) in [6.07, 6.45) is 0. The molecule has 1 aromatic carbocycles. The second-order valence-corrected chi connectivity index (χ2v) is 6.95. The second kappa shape index (κ2) is 7.29. The van der Waals surface area contributed by atoms with Gasteiger partial charge in [0.25, 0.3) is 0 Å². The number of nitrogens with one attached hydrogen (secondary N) is 1. The number of aryl methyl sites for hydroxylation is 2. The molecule has 0 radical (unpaired) electrons. The van der Waals surface area contributed by atoms with Gasteiger partial charge in [0.2, 0.25) is 10.0 Å². The Hall–Kier alpha value is -1.97. The molecule has 1 N–H and O–H groups in total. The van der Waals surface area contributed by atoms with Crippen LogP contribution >= 0.6 is 11.6 Å². The number of nitrogens with zero attached hydrogens (tertiary/aromatic N) is 1. The highest BCUT2D eigenvalue weighted by Gasteiger charge is 2.25. The van der Waals surface area contributed by atoms with Crippen LogP contribution in [0.25, 0.3) is 0 Å². The highest BCUT2D eigenvalue weighted by atomic mass is 35.5. The summed E-state index contributed by atoms with van der Waals surface area (Å²) in [5.41, 5.74) is 0.188. The number of sulfonamides is 1. The second-order valence-electron chi connectivity index (χ2n) is 4.84. The Morgan fingerprint density at radius 1 is 1.42 bits per heavy atom. The number of hydrogen-bond acceptors (Lipinski definition) is 6. The Bertz CT molecular complexity index is 826. The van der Waals surface area contributed by atoms with Gasteiger partial charge in [-0.15, -0.1) is 0 Å². The molecular weight excluding hydrogens is 363 g/mol. The molecule has 0 bridgehead atoms. The Kier molecular flexibility index (Phi) is 5.58. The molecular formula is C14H14ClFN2O5S. The van der Waals surface area contributed by atoms with E-state index in [2.05, 4.69) is 9.88 Å². The van der Waals surface area contributed by atoms with Crippen LogP contribution in [0.15, 0.2) is 27.6 Å². The van der Waals surface area contributed by atoms with Crippen LogP contribution in [0.5, 0.6) is 0 Å². The van der Waals surface area contributed by atoms with Gasteiger partial charge in [-0.3, -0.25) is 4.79 Å². The van der Waals surface area contributed by atoms with E-state index in [0.717, 1.165) is 0 Å². The molecule has 0 fully saturated rings. The third-order valence-corrected chi connectivity index (χ3v) is 5.08. The van der Waals surface area contributed by atoms with Crippen LogP contribution in [0.1, 0.15) is 17.0 Å². The molecule has 0 atom stereocenters. The van der Waals surface area contributed by atoms with E-state index in [9.17, 15) is 17.6 Å². The Labute approximate surface area is 142 Å². The molecule has 10 heteroatoms. The number of halogens is 2. The molecule has 0 aliphatic rings. The van der Waals surface area contributed by atoms with Gasteiger partial charge in [0.05, 0.1) is 5.02 Å². The maximum Gasteiger partial charge on any atom is 0.321 e. The smallest absolute Gasteiger partial charge is 0.321 e. The molecule has 0 unspecified atom stereocenters. The summed E-state index contributed by atoms with van der Waals surface area (Å²) < 4.78 is 49.5. The number of ether oxygens (including phenoxy) is 1. The van der Waals surface area contributed by atoms with Gasteiger partial charge < -0.3 is 9.26 Å². The SMILES string of the molecule is Cc1noc(C)c1S(=O)(=O)NCC(=O)OCc1c(F)cccc1Cl. The lowest BCUT2D eigenvalue weighted by Gasteiger charge is -2.09. The zero-order chi connectivity index (χ0) is 17.9. The lowest BCUT2D eigenvalue weighted by Crippen LogP contribution is -2.31. The maximum atomic E-state index is 13.5. The van der Waals surface area contributed by atoms with E-state index in [1.165, 1.54) is 32.0 Å². The fourth-order valence-corrected chi connectivity index (χ4v) is 3.47. The summed E-state index contributed by atoms with van der Waals surface area (Å²) in [4.78, 5) is 11.5. The molecule has 0 aliphatic carbocycles. The third kappa shape index (κ3) is 4.11. The summed E-state index contributed by atoms with van der Waals surface area (Å²) >= 11 is 5.80. The minimum atomic E-state index is -3.98. The Morgan fingerprint density at radius 2 is 2.12 bits per heavy atom. The first kappa shape index (κ1) is 18.4. The van der Waals surface area contributed by atoms with Crippen LogP contribution in [0.2, 0.25) is 5.02 Å². The number of rotatable bonds is 6. The minimum absolute atomic E-state index is 0.0149. The summed E-state index contributed by atoms with van der Waals surface area (Å²) in [6.45, 7) is 1.87. The van der Waals surface area contributed by atoms with Crippen molar-refractivity contribution < 1.29 is 26.9 Å². The molecule has 2 aromatic rings. The van der Waals surface area contributed by atoms with Crippen molar-refractivity contribution >= 4 is 27.6 Å². The number of hydrogen-bond donors (Lipinski definition) is 1. The molecule has 7 nitrogen and oxygen atoms in total. The zero-order valence-electron chi connectivity index (χ0n) is 12.8. The van der Waals surface area contributed by atoms with E-state index in [1.807, 2.05) is 0 Å². The van der Waals surface area contributed by atoms with Gasteiger partial charge in [0.15, 0.2) is 5.76 Å². The summed E-state index contributed by atoms with van der Waals surface area (Å²) in [6, 6.07) is 4.05. The lowest BCUT2D eigenvalue weighted by molar-refractivity contribution is -0.143. The predicted molar refractivity (Wildman–Crippen MR) is 82.4 cm³/mol. The number of carbonyl (C=O) groups excluding carboxylic acids is 1. The van der Waals surface area contributed by atoms with E-state index in [-0.39, 0.29) is 26.9 Å². The van der Waals surface area contributed by atoms with Gasteiger partial charge in [-0.25, -0.2) is 12.8 Å². The first-order valence-electron chi connectivity index (χ1n) is 6.73. The lowest BCUT2D eigenvalue weighted by atomic mass is 10.2. The molecule has 0 aliphatic heterocycles. The van der Waals surface area contributed by atoms with Crippen LogP contribution < -0.4 is 4.72 Å². The Balaban J connectivity index is 1.96. The minimum Gasteiger partial charge on any atom is -0.460 e. The van der Waals surface area contributed by atoms with Crippen LogP contribution in [-0.4, -0.2) is 26.1 Å². The number of aromatic nitrogens is 1. The molecule has 0 saturated heterocycles. The van der Waals surface area contributed by atoms with Crippen LogP contribution in [0.4, 0.5) is 4.39 Å². The van der Waals surface area contributed by atoms with Crippen molar-refractivity contribution in [3.05, 3.63) is 46.1 Å². The monoisotopic (exact) mass is 376 g/mol. The normalized spacial score (nSPS) is 11.5. The number of esters is 1. The van der Waals surface area contributed by atoms with Gasteiger partial charge in [-0.2, -0.15) is 4.72 Å². The summed E-state index contributed by atoms with van der Waals surface area (Å²) in [7, 11) is -3.98. The van der Waals surface area contributed by atoms with Crippen molar-refractivity contribution in [2.75, 3.05) is 6.54 Å². The van der Waals surface area contributed by atoms with Crippen molar-refractivity contribution in [3.8, 4) is 0 Å². The average molecular weight is 377 g/mol. The molecule has 130 valence electrons. The average Bonchev–Trinajstić information content (AvgIpc) is 2.84. The van der Waals surface area contributed by atoms with Crippen LogP contribution in [0, 0.1) is 19.7 Å². The molecule has 24 heavy (non-hydrogen) atoms. The van der Waals surface area contributed by atoms with E-state index in [4.69, 9.17) is 20.9 Å². The maximum absolute atomic E-state index is 13.5. The zero-order valence-corrected chi connectivity index (χ0v) is 14.4. The van der Waals surface area contributed by atoms with Crippen molar-refractivity contribution in [1.29, 1.82) is 0 Å². The summed E-state index contributed by atoms with van der Waals surface area (Å²) in [5.74, 6) is -1.40. The van der Waals surface area contributed by atoms with Crippen molar-refractivity contribution in [2.24, 2.45) is 0 Å². The molecule has 0 amide bonds. The topological polar surface area (TPSA) is 98.5 Å². The highest BCUT2D eigenvalue weighted by molar-refractivity contribution is 7.89. The van der Waals surface area contributed by atoms with Gasteiger partial charge in [-0.1, -0.05) is 22.8 Å². The van der Waals surface area contributed by atoms with Crippen LogP contribution in [-0.2, 0) is 26.2 Å².